The van der Waals surface area contributed by atoms with Crippen molar-refractivity contribution in [2.24, 2.45) is 0 Å². The van der Waals surface area contributed by atoms with Crippen LogP contribution in [0.1, 0.15) is 40.0 Å². The molecule has 6 aliphatic heterocycles. The van der Waals surface area contributed by atoms with Gasteiger partial charge in [-0.05, 0) is 19.8 Å². The molecule has 0 radical (unpaired) electrons. The number of ether oxygens (including phenoxy) is 12. The number of aliphatic carboxylic acids is 1. The van der Waals surface area contributed by atoms with Gasteiger partial charge in [-0.1, -0.05) is 6.08 Å². The van der Waals surface area contributed by atoms with Gasteiger partial charge in [-0.25, -0.2) is 4.79 Å². The number of allylic oxidation sites excluding steroid dienone is 1. The topological polar surface area (TPSA) is 550 Å². The van der Waals surface area contributed by atoms with E-state index < -0.39 is 247 Å². The average molecular weight is 1210 g/mol. The van der Waals surface area contributed by atoms with E-state index in [1.54, 1.807) is 6.08 Å². The van der Waals surface area contributed by atoms with Crippen LogP contribution in [0.5, 0.6) is 0 Å². The number of carbonyl (C=O) groups excluding carboxylic acids is 2. The Labute approximate surface area is 472 Å². The zero-order valence-corrected chi connectivity index (χ0v) is 45.1. The number of carboxylic acids is 1. The average Bonchev–Trinajstić information content (AvgIpc) is 3.65. The predicted molar refractivity (Wildman–Crippen MR) is 261 cm³/mol. The van der Waals surface area contributed by atoms with Gasteiger partial charge in [0.1, 0.15) is 134 Å². The third kappa shape index (κ3) is 15.5. The maximum atomic E-state index is 13.7. The molecule has 0 spiro atoms. The van der Waals surface area contributed by atoms with E-state index in [1.807, 2.05) is 0 Å². The second-order valence-electron chi connectivity index (χ2n) is 20.9. The van der Waals surface area contributed by atoms with Crippen molar-refractivity contribution in [2.45, 2.75) is 230 Å². The summed E-state index contributed by atoms with van der Waals surface area (Å²) in [7, 11) is 0. The van der Waals surface area contributed by atoms with Crippen molar-refractivity contribution in [3.63, 3.8) is 0 Å². The summed E-state index contributed by atoms with van der Waals surface area (Å²) in [6, 6.07) is -3.73. The highest BCUT2D eigenvalue weighted by molar-refractivity contribution is 5.76. The monoisotopic (exact) mass is 1210 g/mol. The number of aliphatic hydroxyl groups is 17. The van der Waals surface area contributed by atoms with Crippen molar-refractivity contribution in [1.29, 1.82) is 0 Å². The maximum Gasteiger partial charge on any atom is 0.364 e. The van der Waals surface area contributed by atoms with E-state index >= 15 is 0 Å². The lowest BCUT2D eigenvalue weighted by molar-refractivity contribution is -0.405. The zero-order valence-electron chi connectivity index (χ0n) is 45.1. The first-order chi connectivity index (χ1) is 39.2. The van der Waals surface area contributed by atoms with Crippen LogP contribution in [0.3, 0.4) is 0 Å². The molecule has 20 N–H and O–H groups in total. The summed E-state index contributed by atoms with van der Waals surface area (Å²) in [5.74, 6) is -7.37. The summed E-state index contributed by atoms with van der Waals surface area (Å²) in [4.78, 5) is 39.2. The van der Waals surface area contributed by atoms with Crippen LogP contribution in [0.2, 0.25) is 0 Å². The van der Waals surface area contributed by atoms with E-state index in [2.05, 4.69) is 17.2 Å². The van der Waals surface area contributed by atoms with Gasteiger partial charge in [-0.3, -0.25) is 9.59 Å². The van der Waals surface area contributed by atoms with Crippen molar-refractivity contribution < 1.29 is 163 Å². The molecule has 35 nitrogen and oxygen atoms in total. The van der Waals surface area contributed by atoms with Gasteiger partial charge >= 0.3 is 5.97 Å². The molecule has 480 valence electrons. The van der Waals surface area contributed by atoms with Crippen molar-refractivity contribution in [2.75, 3.05) is 39.6 Å². The van der Waals surface area contributed by atoms with E-state index in [1.165, 1.54) is 6.92 Å². The Morgan fingerprint density at radius 2 is 1.08 bits per heavy atom. The fraction of sp³-hybridized carbons (Fsp3) is 0.896. The molecule has 0 unspecified atom stereocenters. The van der Waals surface area contributed by atoms with Crippen molar-refractivity contribution in [1.82, 2.24) is 10.6 Å². The molecule has 0 aromatic rings. The molecule has 6 heterocycles. The summed E-state index contributed by atoms with van der Waals surface area (Å²) in [6.07, 6.45) is -55.2. The Morgan fingerprint density at radius 1 is 0.578 bits per heavy atom. The van der Waals surface area contributed by atoms with Crippen molar-refractivity contribution in [3.8, 4) is 0 Å². The Kier molecular flexibility index (Phi) is 25.2. The number of carbonyl (C=O) groups is 3. The van der Waals surface area contributed by atoms with Crippen LogP contribution >= 0.6 is 0 Å². The fourth-order valence-corrected chi connectivity index (χ4v) is 10.5. The van der Waals surface area contributed by atoms with Gasteiger partial charge in [0, 0.05) is 20.3 Å². The summed E-state index contributed by atoms with van der Waals surface area (Å²) < 4.78 is 70.7. The third-order valence-electron chi connectivity index (χ3n) is 15.0. The molecule has 6 fully saturated rings. The Bertz CT molecular complexity index is 2070. The molecule has 0 aliphatic carbocycles. The Balaban J connectivity index is 1.42. The molecule has 0 bridgehead atoms. The van der Waals surface area contributed by atoms with E-state index in [0.29, 0.717) is 12.8 Å². The Morgan fingerprint density at radius 3 is 1.67 bits per heavy atom. The van der Waals surface area contributed by atoms with Crippen LogP contribution in [0, 0.1) is 0 Å². The van der Waals surface area contributed by atoms with E-state index in [0.717, 1.165) is 13.8 Å². The molecular formula is C48H80N2O33. The number of hydrogen-bond acceptors (Lipinski definition) is 32. The lowest BCUT2D eigenvalue weighted by Crippen LogP contribution is -2.72. The van der Waals surface area contributed by atoms with E-state index in [-0.39, 0.29) is 6.61 Å². The number of hydrogen-bond donors (Lipinski definition) is 20. The van der Waals surface area contributed by atoms with E-state index in [9.17, 15) is 106 Å². The molecule has 31 atom stereocenters. The molecule has 6 rings (SSSR count). The lowest BCUT2D eigenvalue weighted by atomic mass is 9.88. The summed E-state index contributed by atoms with van der Waals surface area (Å²) in [5.41, 5.74) is 0. The van der Waals surface area contributed by atoms with Crippen LogP contribution in [0.15, 0.2) is 12.7 Å². The van der Waals surface area contributed by atoms with Crippen LogP contribution in [0.4, 0.5) is 0 Å². The summed E-state index contributed by atoms with van der Waals surface area (Å²) in [5, 5.41) is 202. The normalized spacial score (nSPS) is 45.9. The quantitative estimate of drug-likeness (QED) is 0.0298. The standard InChI is InChI=1S/C48H80N2O33/c1-5-6-7-8-72-43-34(68)32(66)36(22(13-54)76-43)78-45-35(69)40(83-48(47(70)71)9-18(58)24(49-16(3)56)39(82-48)27(61)19(59)10-51)37(23(14-55)77-45)79-42-25(50-17(4)57)38(29(63)21(12-53)74-42)80-46-41(31(65)28(62)20(11-52)75-46)81-44-33(67)30(64)26(60)15(2)73-44/h5,15,18-46,51-55,58-69H,1,6-14H2,2-4H3,(H,49,56)(H,50,57)(H,70,71)/t15-,18-,19+,20+,21+,22+,23+,24+,25+,26+,27+,28-,29-,30+,31-,32+,33-,34+,35+,36+,37-,38+,39+,40+,41+,42-,43+,44-,45-,46-,48-/m0/s1. The zero-order chi connectivity index (χ0) is 61.5. The van der Waals surface area contributed by atoms with Gasteiger partial charge in [0.2, 0.25) is 11.8 Å². The van der Waals surface area contributed by atoms with Crippen LogP contribution < -0.4 is 10.6 Å². The molecule has 6 saturated heterocycles. The largest absolute Gasteiger partial charge is 0.477 e. The number of amides is 2. The fourth-order valence-electron chi connectivity index (χ4n) is 10.5. The molecule has 83 heavy (non-hydrogen) atoms. The van der Waals surface area contributed by atoms with Crippen LogP contribution in [-0.4, -0.2) is 339 Å². The van der Waals surface area contributed by atoms with Gasteiger partial charge in [0.25, 0.3) is 5.79 Å². The number of carboxylic acid groups (broad SMARTS) is 1. The first kappa shape index (κ1) is 69.1. The van der Waals surface area contributed by atoms with Gasteiger partial charge in [-0.15, -0.1) is 6.58 Å². The minimum Gasteiger partial charge on any atom is -0.477 e. The number of rotatable bonds is 25. The first-order valence-electron chi connectivity index (χ1n) is 26.7. The molecule has 0 saturated carbocycles. The second-order valence-corrected chi connectivity index (χ2v) is 20.9. The molecule has 0 aromatic heterocycles. The molecule has 35 heteroatoms. The predicted octanol–water partition coefficient (Wildman–Crippen LogP) is -11.6. The van der Waals surface area contributed by atoms with Crippen molar-refractivity contribution in [3.05, 3.63) is 12.7 Å². The minimum absolute atomic E-state index is 0.0186. The van der Waals surface area contributed by atoms with Crippen LogP contribution in [-0.2, 0) is 71.2 Å². The smallest absolute Gasteiger partial charge is 0.364 e. The summed E-state index contributed by atoms with van der Waals surface area (Å²) >= 11 is 0. The number of nitrogens with one attached hydrogen (secondary N) is 2. The van der Waals surface area contributed by atoms with Crippen molar-refractivity contribution >= 4 is 17.8 Å². The minimum atomic E-state index is -3.37. The SMILES string of the molecule is C=CCCCO[C@@H]1O[C@H](CO)[C@@H](O[C@@H]2O[C@H](CO)[C@H](O[C@@H]3O[C@H](CO)[C@H](O)[C@H](O[C@@H]4O[C@H](CO)[C@H](O)[C@H](O)[C@H]4O[C@@H]4O[C@@H](C)[C@@H](O)[C@@H](O)[C@@H]4O)[C@H]3NC(C)=O)[C@H](O[C@]3(C(=O)O)C[C@H](O)[C@@H](NC(C)=O)[C@H]([C@H](O)[C@H](O)CO)O3)[C@H]2O)[C@H](O)[C@H]1O. The highest BCUT2D eigenvalue weighted by atomic mass is 16.8. The van der Waals surface area contributed by atoms with E-state index in [4.69, 9.17) is 56.8 Å². The lowest BCUT2D eigenvalue weighted by Gasteiger charge is -2.53. The Hall–Kier alpha value is -3.01. The van der Waals surface area contributed by atoms with Crippen LogP contribution in [0.25, 0.3) is 0 Å². The number of unbranched alkanes of at least 4 members (excludes halogenated alkanes) is 1. The van der Waals surface area contributed by atoms with Gasteiger partial charge in [-0.2, -0.15) is 0 Å². The van der Waals surface area contributed by atoms with Gasteiger partial charge in [0.05, 0.1) is 57.9 Å². The molecule has 0 aromatic carbocycles. The highest BCUT2D eigenvalue weighted by Crippen LogP contribution is 2.41. The van der Waals surface area contributed by atoms with Gasteiger partial charge < -0.3 is 159 Å². The first-order valence-corrected chi connectivity index (χ1v) is 26.7. The van der Waals surface area contributed by atoms with Gasteiger partial charge in [0.15, 0.2) is 31.5 Å². The maximum absolute atomic E-state index is 13.7. The second kappa shape index (κ2) is 30.3. The summed E-state index contributed by atoms with van der Waals surface area (Å²) in [6.45, 7) is 1.22. The third-order valence-corrected chi connectivity index (χ3v) is 15.0. The molecular weight excluding hydrogens is 1130 g/mol. The molecule has 2 amide bonds. The number of aliphatic hydroxyl groups excluding tert-OH is 17. The highest BCUT2D eigenvalue weighted by Gasteiger charge is 2.62. The molecule has 6 aliphatic rings.